The summed E-state index contributed by atoms with van der Waals surface area (Å²) >= 11 is 0. The average Bonchev–Trinajstić information content (AvgIpc) is 2.55. The number of nitrogens with zero attached hydrogens (tertiary/aromatic N) is 4. The Morgan fingerprint density at radius 1 is 1.55 bits per heavy atom. The Morgan fingerprint density at radius 3 is 3.00 bits per heavy atom. The van der Waals surface area contributed by atoms with Crippen molar-refractivity contribution in [1.29, 1.82) is 0 Å². The smallest absolute Gasteiger partial charge is 0.233 e. The Morgan fingerprint density at radius 2 is 2.45 bits per heavy atom. The van der Waals surface area contributed by atoms with Gasteiger partial charge in [0.2, 0.25) is 5.88 Å². The van der Waals surface area contributed by atoms with Crippen LogP contribution >= 0.6 is 0 Å². The summed E-state index contributed by atoms with van der Waals surface area (Å²) in [5.74, 6) is -0.0181. The quantitative estimate of drug-likeness (QED) is 0.586. The van der Waals surface area contributed by atoms with Gasteiger partial charge in [-0.3, -0.25) is 0 Å². The van der Waals surface area contributed by atoms with Crippen molar-refractivity contribution in [1.82, 2.24) is 25.2 Å². The molecule has 0 aliphatic carbocycles. The summed E-state index contributed by atoms with van der Waals surface area (Å²) in [5.41, 5.74) is 0.488. The summed E-state index contributed by atoms with van der Waals surface area (Å²) in [7, 11) is 0. The third-order valence-corrected chi connectivity index (χ3v) is 1.27. The number of nitrogens with one attached hydrogen (secondary N) is 1. The summed E-state index contributed by atoms with van der Waals surface area (Å²) in [6.45, 7) is 0. The van der Waals surface area contributed by atoms with Gasteiger partial charge in [0.15, 0.2) is 0 Å². The number of aromatic hydroxyl groups is 1. The summed E-state index contributed by atoms with van der Waals surface area (Å²) in [4.78, 5) is 0. The van der Waals surface area contributed by atoms with E-state index in [2.05, 4.69) is 20.5 Å². The molecule has 0 saturated carbocycles. The van der Waals surface area contributed by atoms with Gasteiger partial charge in [0.1, 0.15) is 5.69 Å². The zero-order valence-electron chi connectivity index (χ0n) is 5.47. The highest BCUT2D eigenvalue weighted by Gasteiger charge is 2.04. The van der Waals surface area contributed by atoms with E-state index in [1.807, 2.05) is 0 Å². The van der Waals surface area contributed by atoms with Gasteiger partial charge in [-0.2, -0.15) is 5.10 Å². The van der Waals surface area contributed by atoms with E-state index < -0.39 is 0 Å². The topological polar surface area (TPSA) is 79.6 Å². The molecule has 0 atom stereocenters. The maximum atomic E-state index is 9.12. The molecular weight excluding hydrogens is 146 g/mol. The molecule has 6 nitrogen and oxygen atoms in total. The number of aromatic amines is 1. The van der Waals surface area contributed by atoms with Crippen molar-refractivity contribution in [2.45, 2.75) is 0 Å². The lowest BCUT2D eigenvalue weighted by Gasteiger charge is -1.92. The summed E-state index contributed by atoms with van der Waals surface area (Å²) in [6, 6.07) is 0. The maximum Gasteiger partial charge on any atom is 0.233 e. The molecule has 56 valence electrons. The first-order valence-corrected chi connectivity index (χ1v) is 2.97. The Labute approximate surface area is 61.5 Å². The van der Waals surface area contributed by atoms with Crippen molar-refractivity contribution in [3.8, 4) is 11.6 Å². The molecular formula is C5H5N5O. The van der Waals surface area contributed by atoms with Crippen molar-refractivity contribution in [2.75, 3.05) is 0 Å². The van der Waals surface area contributed by atoms with Crippen molar-refractivity contribution in [3.63, 3.8) is 0 Å². The second-order valence-electron chi connectivity index (χ2n) is 1.95. The predicted octanol–water partition coefficient (Wildman–Crippen LogP) is -0.304. The van der Waals surface area contributed by atoms with Crippen molar-refractivity contribution >= 4 is 0 Å². The van der Waals surface area contributed by atoms with Crippen LogP contribution in [0.5, 0.6) is 5.88 Å². The molecule has 2 heterocycles. The third-order valence-electron chi connectivity index (χ3n) is 1.27. The zero-order chi connectivity index (χ0) is 7.68. The second kappa shape index (κ2) is 2.08. The molecule has 2 N–H and O–H groups in total. The van der Waals surface area contributed by atoms with Gasteiger partial charge in [0, 0.05) is 0 Å². The van der Waals surface area contributed by atoms with Crippen LogP contribution in [0.25, 0.3) is 5.69 Å². The number of aromatic nitrogens is 5. The van der Waals surface area contributed by atoms with Crippen LogP contribution in [0.15, 0.2) is 18.6 Å². The average molecular weight is 151 g/mol. The molecule has 0 spiro atoms. The Hall–Kier alpha value is -1.85. The molecule has 0 saturated heterocycles. The van der Waals surface area contributed by atoms with Gasteiger partial charge in [0.05, 0.1) is 18.6 Å². The fourth-order valence-corrected chi connectivity index (χ4v) is 0.777. The summed E-state index contributed by atoms with van der Waals surface area (Å²) in [5, 5.41) is 22.3. The van der Waals surface area contributed by atoms with Gasteiger partial charge < -0.3 is 5.11 Å². The minimum absolute atomic E-state index is 0.0181. The molecule has 11 heavy (non-hydrogen) atoms. The van der Waals surface area contributed by atoms with Gasteiger partial charge in [-0.25, -0.2) is 9.78 Å². The molecule has 0 bridgehead atoms. The van der Waals surface area contributed by atoms with E-state index in [-0.39, 0.29) is 5.88 Å². The highest BCUT2D eigenvalue weighted by atomic mass is 16.3. The van der Waals surface area contributed by atoms with Gasteiger partial charge in [0.25, 0.3) is 0 Å². The molecule has 0 aliphatic heterocycles. The first-order valence-electron chi connectivity index (χ1n) is 2.97. The predicted molar refractivity (Wildman–Crippen MR) is 35.2 cm³/mol. The molecule has 0 aliphatic rings. The van der Waals surface area contributed by atoms with Gasteiger partial charge >= 0.3 is 0 Å². The van der Waals surface area contributed by atoms with Crippen molar-refractivity contribution in [2.24, 2.45) is 0 Å². The summed E-state index contributed by atoms with van der Waals surface area (Å²) in [6.07, 6.45) is 4.60. The van der Waals surface area contributed by atoms with E-state index in [9.17, 15) is 0 Å². The third kappa shape index (κ3) is 0.841. The Kier molecular flexibility index (Phi) is 1.12. The molecule has 2 aromatic rings. The lowest BCUT2D eigenvalue weighted by atomic mass is 10.5. The zero-order valence-corrected chi connectivity index (χ0v) is 5.47. The monoisotopic (exact) mass is 151 g/mol. The first kappa shape index (κ1) is 5.90. The van der Waals surface area contributed by atoms with E-state index >= 15 is 0 Å². The molecule has 2 rings (SSSR count). The molecule has 0 aromatic carbocycles. The largest absolute Gasteiger partial charge is 0.492 e. The van der Waals surface area contributed by atoms with Crippen LogP contribution in [-0.4, -0.2) is 30.3 Å². The van der Waals surface area contributed by atoms with Crippen LogP contribution in [-0.2, 0) is 0 Å². The number of rotatable bonds is 1. The van der Waals surface area contributed by atoms with Gasteiger partial charge in [-0.05, 0) is 0 Å². The fraction of sp³-hybridized carbons (Fsp3) is 0. The maximum absolute atomic E-state index is 9.12. The standard InChI is InChI=1S/C5H5N5O/c11-5-4(3-7-8-5)10-2-1-6-9-10/h1-3H,(H2,7,8,11). The molecule has 0 fully saturated rings. The van der Waals surface area contributed by atoms with Gasteiger partial charge in [-0.1, -0.05) is 5.21 Å². The SMILES string of the molecule is Oc1[nH]ncc1-n1ccnn1. The number of H-pyrrole nitrogens is 1. The van der Waals surface area contributed by atoms with E-state index in [0.717, 1.165) is 0 Å². The molecule has 0 unspecified atom stereocenters. The molecule has 6 heteroatoms. The lowest BCUT2D eigenvalue weighted by molar-refractivity contribution is 0.447. The van der Waals surface area contributed by atoms with Crippen LogP contribution in [0.2, 0.25) is 0 Å². The van der Waals surface area contributed by atoms with E-state index in [4.69, 9.17) is 5.11 Å². The number of hydrogen-bond acceptors (Lipinski definition) is 4. The van der Waals surface area contributed by atoms with Crippen LogP contribution in [0.1, 0.15) is 0 Å². The number of hydrogen-bond donors (Lipinski definition) is 2. The molecule has 2 aromatic heterocycles. The second-order valence-corrected chi connectivity index (χ2v) is 1.95. The molecule has 0 amide bonds. The van der Waals surface area contributed by atoms with Crippen LogP contribution in [0.3, 0.4) is 0 Å². The van der Waals surface area contributed by atoms with Gasteiger partial charge in [-0.15, -0.1) is 5.10 Å². The van der Waals surface area contributed by atoms with E-state index in [0.29, 0.717) is 5.69 Å². The van der Waals surface area contributed by atoms with Crippen molar-refractivity contribution in [3.05, 3.63) is 18.6 Å². The summed E-state index contributed by atoms with van der Waals surface area (Å²) < 4.78 is 1.42. The molecule has 0 radical (unpaired) electrons. The van der Waals surface area contributed by atoms with E-state index in [1.165, 1.54) is 17.1 Å². The minimum Gasteiger partial charge on any atom is -0.492 e. The lowest BCUT2D eigenvalue weighted by Crippen LogP contribution is -1.92. The van der Waals surface area contributed by atoms with E-state index in [1.54, 1.807) is 6.20 Å². The Balaban J connectivity index is 2.53. The highest BCUT2D eigenvalue weighted by molar-refractivity contribution is 5.36. The highest BCUT2D eigenvalue weighted by Crippen LogP contribution is 2.14. The Bertz CT molecular complexity index is 337. The van der Waals surface area contributed by atoms with Crippen molar-refractivity contribution < 1.29 is 5.11 Å². The van der Waals surface area contributed by atoms with Crippen LogP contribution in [0.4, 0.5) is 0 Å². The fourth-order valence-electron chi connectivity index (χ4n) is 0.777. The normalized spacial score (nSPS) is 10.2. The minimum atomic E-state index is -0.0181. The first-order chi connectivity index (χ1) is 5.38. The van der Waals surface area contributed by atoms with Crippen LogP contribution in [0, 0.1) is 0 Å². The van der Waals surface area contributed by atoms with Crippen LogP contribution < -0.4 is 0 Å².